The number of hydrogen-bond donors (Lipinski definition) is 1. The average molecular weight is 403 g/mol. The van der Waals surface area contributed by atoms with Crippen LogP contribution in [0.2, 0.25) is 5.02 Å². The Morgan fingerprint density at radius 1 is 1.05 bits per heavy atom. The van der Waals surface area contributed by atoms with Crippen LogP contribution in [0.1, 0.15) is 11.5 Å². The van der Waals surface area contributed by atoms with Crippen LogP contribution in [-0.4, -0.2) is 0 Å². The van der Waals surface area contributed by atoms with Crippen molar-refractivity contribution in [3.8, 4) is 11.3 Å². The normalized spacial score (nSPS) is 10.5. The van der Waals surface area contributed by atoms with E-state index in [-0.39, 0.29) is 12.4 Å². The maximum absolute atomic E-state index is 6.23. The van der Waals surface area contributed by atoms with Gasteiger partial charge in [0.25, 0.3) is 0 Å². The fourth-order valence-corrected chi connectivity index (χ4v) is 2.80. The number of furan rings is 2. The Labute approximate surface area is 148 Å². The topological polar surface area (TPSA) is 38.3 Å². The molecule has 0 unspecified atom stereocenters. The van der Waals surface area contributed by atoms with Gasteiger partial charge in [0.05, 0.1) is 24.4 Å². The third kappa shape index (κ3) is 4.17. The molecule has 3 aromatic rings. The van der Waals surface area contributed by atoms with E-state index in [9.17, 15) is 0 Å². The Bertz CT molecular complexity index is 726. The smallest absolute Gasteiger partial charge is 0.135 e. The zero-order valence-corrected chi connectivity index (χ0v) is 14.7. The van der Waals surface area contributed by atoms with Crippen LogP contribution >= 0.6 is 39.9 Å². The first-order valence-corrected chi connectivity index (χ1v) is 7.67. The standard InChI is InChI=1S/C16H13BrClNO2.ClH/c17-11-3-5-14(15(18)8-11)16-6-4-13(21-16)10-19-9-12-2-1-7-20-12;/h1-8,19H,9-10H2;1H. The van der Waals surface area contributed by atoms with Crippen molar-refractivity contribution < 1.29 is 8.83 Å². The zero-order chi connectivity index (χ0) is 14.7. The van der Waals surface area contributed by atoms with Crippen LogP contribution in [0.25, 0.3) is 11.3 Å². The summed E-state index contributed by atoms with van der Waals surface area (Å²) >= 11 is 9.62. The minimum atomic E-state index is 0. The maximum Gasteiger partial charge on any atom is 0.135 e. The van der Waals surface area contributed by atoms with Crippen molar-refractivity contribution in [2.45, 2.75) is 13.1 Å². The molecule has 22 heavy (non-hydrogen) atoms. The lowest BCUT2D eigenvalue weighted by Gasteiger charge is -2.02. The highest BCUT2D eigenvalue weighted by Crippen LogP contribution is 2.31. The molecule has 116 valence electrons. The molecular formula is C16H14BrCl2NO2. The van der Waals surface area contributed by atoms with Gasteiger partial charge in [-0.3, -0.25) is 0 Å². The highest BCUT2D eigenvalue weighted by atomic mass is 79.9. The first-order chi connectivity index (χ1) is 10.2. The summed E-state index contributed by atoms with van der Waals surface area (Å²) in [7, 11) is 0. The lowest BCUT2D eigenvalue weighted by Crippen LogP contribution is -2.11. The maximum atomic E-state index is 6.23. The first-order valence-electron chi connectivity index (χ1n) is 6.49. The predicted octanol–water partition coefficient (Wildman–Crippen LogP) is 5.67. The molecule has 3 rings (SSSR count). The molecule has 2 aromatic heterocycles. The molecule has 0 aliphatic rings. The van der Waals surface area contributed by atoms with Crippen molar-refractivity contribution in [2.75, 3.05) is 0 Å². The number of nitrogens with one attached hydrogen (secondary N) is 1. The molecule has 0 bridgehead atoms. The summed E-state index contributed by atoms with van der Waals surface area (Å²) in [5.74, 6) is 2.52. The van der Waals surface area contributed by atoms with E-state index < -0.39 is 0 Å². The molecule has 6 heteroatoms. The van der Waals surface area contributed by atoms with E-state index in [0.29, 0.717) is 18.1 Å². The molecular weight excluding hydrogens is 389 g/mol. The van der Waals surface area contributed by atoms with Crippen LogP contribution in [0.5, 0.6) is 0 Å². The highest BCUT2D eigenvalue weighted by molar-refractivity contribution is 9.10. The third-order valence-corrected chi connectivity index (χ3v) is 3.84. The van der Waals surface area contributed by atoms with Gasteiger partial charge in [-0.25, -0.2) is 0 Å². The van der Waals surface area contributed by atoms with Gasteiger partial charge in [-0.05, 0) is 42.5 Å². The van der Waals surface area contributed by atoms with Crippen LogP contribution in [-0.2, 0) is 13.1 Å². The highest BCUT2D eigenvalue weighted by Gasteiger charge is 2.09. The summed E-state index contributed by atoms with van der Waals surface area (Å²) < 4.78 is 12.0. The van der Waals surface area contributed by atoms with Crippen molar-refractivity contribution in [3.63, 3.8) is 0 Å². The molecule has 0 spiro atoms. The van der Waals surface area contributed by atoms with Gasteiger partial charge in [0.1, 0.15) is 17.3 Å². The van der Waals surface area contributed by atoms with Crippen LogP contribution in [0.15, 0.2) is 62.0 Å². The molecule has 0 saturated carbocycles. The number of benzene rings is 1. The summed E-state index contributed by atoms with van der Waals surface area (Å²) in [4.78, 5) is 0. The van der Waals surface area contributed by atoms with Gasteiger partial charge in [-0.1, -0.05) is 27.5 Å². The third-order valence-electron chi connectivity index (χ3n) is 3.04. The van der Waals surface area contributed by atoms with E-state index in [2.05, 4.69) is 21.2 Å². The quantitative estimate of drug-likeness (QED) is 0.597. The minimum absolute atomic E-state index is 0. The van der Waals surface area contributed by atoms with E-state index in [0.717, 1.165) is 27.3 Å². The summed E-state index contributed by atoms with van der Waals surface area (Å²) in [5, 5.41) is 3.93. The summed E-state index contributed by atoms with van der Waals surface area (Å²) in [5.41, 5.74) is 0.886. The van der Waals surface area contributed by atoms with Gasteiger partial charge in [0.15, 0.2) is 0 Å². The zero-order valence-electron chi connectivity index (χ0n) is 11.5. The molecule has 0 atom stereocenters. The fraction of sp³-hybridized carbons (Fsp3) is 0.125. The van der Waals surface area contributed by atoms with Crippen LogP contribution in [0, 0.1) is 0 Å². The lowest BCUT2D eigenvalue weighted by atomic mass is 10.2. The molecule has 3 nitrogen and oxygen atoms in total. The molecule has 2 heterocycles. The van der Waals surface area contributed by atoms with E-state index in [1.807, 2.05) is 42.5 Å². The number of halogens is 3. The average Bonchev–Trinajstić information content (AvgIpc) is 3.10. The van der Waals surface area contributed by atoms with E-state index >= 15 is 0 Å². The van der Waals surface area contributed by atoms with Crippen molar-refractivity contribution in [3.05, 3.63) is 69.7 Å². The van der Waals surface area contributed by atoms with Crippen LogP contribution in [0.3, 0.4) is 0 Å². The summed E-state index contributed by atoms with van der Waals surface area (Å²) in [6.45, 7) is 1.30. The second-order valence-electron chi connectivity index (χ2n) is 4.57. The van der Waals surface area contributed by atoms with E-state index in [4.69, 9.17) is 20.4 Å². The fourth-order valence-electron chi connectivity index (χ4n) is 2.03. The van der Waals surface area contributed by atoms with Crippen LogP contribution in [0.4, 0.5) is 0 Å². The molecule has 0 aliphatic carbocycles. The first kappa shape index (κ1) is 17.2. The monoisotopic (exact) mass is 401 g/mol. The minimum Gasteiger partial charge on any atom is -0.468 e. The van der Waals surface area contributed by atoms with Gasteiger partial charge < -0.3 is 14.2 Å². The number of hydrogen-bond acceptors (Lipinski definition) is 3. The molecule has 0 amide bonds. The predicted molar refractivity (Wildman–Crippen MR) is 93.4 cm³/mol. The lowest BCUT2D eigenvalue weighted by molar-refractivity contribution is 0.455. The summed E-state index contributed by atoms with van der Waals surface area (Å²) in [6, 6.07) is 13.4. The van der Waals surface area contributed by atoms with Gasteiger partial charge >= 0.3 is 0 Å². The molecule has 0 saturated heterocycles. The van der Waals surface area contributed by atoms with Crippen molar-refractivity contribution in [1.82, 2.24) is 5.32 Å². The van der Waals surface area contributed by atoms with Crippen LogP contribution < -0.4 is 5.32 Å². The Morgan fingerprint density at radius 2 is 1.86 bits per heavy atom. The molecule has 0 radical (unpaired) electrons. The molecule has 1 N–H and O–H groups in total. The number of rotatable bonds is 5. The largest absolute Gasteiger partial charge is 0.468 e. The van der Waals surface area contributed by atoms with Crippen molar-refractivity contribution >= 4 is 39.9 Å². The van der Waals surface area contributed by atoms with E-state index in [1.54, 1.807) is 6.26 Å². The molecule has 0 fully saturated rings. The van der Waals surface area contributed by atoms with Gasteiger partial charge in [-0.15, -0.1) is 12.4 Å². The van der Waals surface area contributed by atoms with Gasteiger partial charge in [0, 0.05) is 10.0 Å². The van der Waals surface area contributed by atoms with Gasteiger partial charge in [-0.2, -0.15) is 0 Å². The second kappa shape index (κ2) is 7.88. The Balaban J connectivity index is 0.00000176. The summed E-state index contributed by atoms with van der Waals surface area (Å²) in [6.07, 6.45) is 1.66. The Kier molecular flexibility index (Phi) is 6.15. The SMILES string of the molecule is Cl.Clc1cc(Br)ccc1-c1ccc(CNCc2ccco2)o1. The Morgan fingerprint density at radius 3 is 2.59 bits per heavy atom. The molecule has 0 aliphatic heterocycles. The van der Waals surface area contributed by atoms with Crippen molar-refractivity contribution in [2.24, 2.45) is 0 Å². The molecule has 1 aromatic carbocycles. The second-order valence-corrected chi connectivity index (χ2v) is 5.90. The van der Waals surface area contributed by atoms with E-state index in [1.165, 1.54) is 0 Å². The van der Waals surface area contributed by atoms with Gasteiger partial charge in [0.2, 0.25) is 0 Å². The Hall–Kier alpha value is -1.20. The van der Waals surface area contributed by atoms with Crippen molar-refractivity contribution in [1.29, 1.82) is 0 Å².